The highest BCUT2D eigenvalue weighted by molar-refractivity contribution is 4.81. The van der Waals surface area contributed by atoms with Gasteiger partial charge in [0.2, 0.25) is 0 Å². The van der Waals surface area contributed by atoms with Crippen LogP contribution in [-0.2, 0) is 0 Å². The van der Waals surface area contributed by atoms with Gasteiger partial charge in [-0.15, -0.1) is 0 Å². The average molecular weight is 405 g/mol. The van der Waals surface area contributed by atoms with Gasteiger partial charge in [-0.1, -0.05) is 149 Å². The molecule has 0 saturated carbocycles. The first-order valence-corrected chi connectivity index (χ1v) is 13.5. The van der Waals surface area contributed by atoms with Gasteiger partial charge in [-0.05, 0) is 37.5 Å². The Bertz CT molecular complexity index is 316. The molecule has 2 unspecified atom stereocenters. The van der Waals surface area contributed by atoms with E-state index in [1.54, 1.807) is 0 Å². The van der Waals surface area contributed by atoms with Crippen LogP contribution in [0.2, 0.25) is 0 Å². The molecule has 0 aromatic heterocycles. The zero-order valence-corrected chi connectivity index (χ0v) is 20.6. The summed E-state index contributed by atoms with van der Waals surface area (Å²) in [5, 5.41) is 0. The van der Waals surface area contributed by atoms with Crippen LogP contribution in [0.25, 0.3) is 0 Å². The van der Waals surface area contributed by atoms with E-state index in [1.165, 1.54) is 122 Å². The Morgan fingerprint density at radius 1 is 0.552 bits per heavy atom. The zero-order chi connectivity index (χ0) is 21.4. The molecule has 0 saturated heterocycles. The van der Waals surface area contributed by atoms with Gasteiger partial charge in [0, 0.05) is 0 Å². The summed E-state index contributed by atoms with van der Waals surface area (Å²) >= 11 is 0. The van der Waals surface area contributed by atoms with Crippen molar-refractivity contribution in [1.29, 1.82) is 0 Å². The molecular weight excluding hydrogens is 348 g/mol. The van der Waals surface area contributed by atoms with Gasteiger partial charge in [0.05, 0.1) is 0 Å². The fourth-order valence-corrected chi connectivity index (χ4v) is 4.39. The Labute approximate surface area is 186 Å². The minimum absolute atomic E-state index is 0.912. The Hall–Kier alpha value is -0.260. The van der Waals surface area contributed by atoms with Gasteiger partial charge >= 0.3 is 0 Å². The number of hydrogen-bond donors (Lipinski definition) is 0. The summed E-state index contributed by atoms with van der Waals surface area (Å²) in [6.07, 6.45) is 33.6. The van der Waals surface area contributed by atoms with Crippen molar-refractivity contribution in [3.8, 4) is 0 Å². The van der Waals surface area contributed by atoms with Crippen molar-refractivity contribution < 1.29 is 0 Å². The van der Waals surface area contributed by atoms with Crippen molar-refractivity contribution in [1.82, 2.24) is 0 Å². The minimum atomic E-state index is 0.912. The summed E-state index contributed by atoms with van der Waals surface area (Å²) < 4.78 is 0. The summed E-state index contributed by atoms with van der Waals surface area (Å²) in [6.45, 7) is 12.7. The molecule has 0 aromatic rings. The molecule has 0 spiro atoms. The molecule has 2 radical (unpaired) electrons. The van der Waals surface area contributed by atoms with Gasteiger partial charge in [0.25, 0.3) is 0 Å². The van der Waals surface area contributed by atoms with Crippen molar-refractivity contribution in [2.24, 2.45) is 11.8 Å². The first-order chi connectivity index (χ1) is 14.3. The summed E-state index contributed by atoms with van der Waals surface area (Å²) in [4.78, 5) is 0. The van der Waals surface area contributed by atoms with Crippen LogP contribution in [-0.4, -0.2) is 0 Å². The quantitative estimate of drug-likeness (QED) is 0.117. The predicted molar refractivity (Wildman–Crippen MR) is 135 cm³/mol. The van der Waals surface area contributed by atoms with Gasteiger partial charge in [0.15, 0.2) is 0 Å². The van der Waals surface area contributed by atoms with E-state index in [0.717, 1.165) is 24.7 Å². The van der Waals surface area contributed by atoms with Crippen molar-refractivity contribution in [3.05, 3.63) is 26.0 Å². The molecule has 0 aliphatic carbocycles. The van der Waals surface area contributed by atoms with Gasteiger partial charge in [0.1, 0.15) is 0 Å². The third kappa shape index (κ3) is 20.8. The van der Waals surface area contributed by atoms with Crippen molar-refractivity contribution >= 4 is 0 Å². The van der Waals surface area contributed by atoms with E-state index < -0.39 is 0 Å². The van der Waals surface area contributed by atoms with E-state index >= 15 is 0 Å². The lowest BCUT2D eigenvalue weighted by Gasteiger charge is -2.23. The molecule has 0 heteroatoms. The van der Waals surface area contributed by atoms with E-state index in [0.29, 0.717) is 0 Å². The van der Waals surface area contributed by atoms with E-state index in [2.05, 4.69) is 39.8 Å². The predicted octanol–water partition coefficient (Wildman–Crippen LogP) is 10.7. The standard InChI is InChI=1S/C29H56/c1-5-8-10-12-14-16-17-18-19-21-23-25-27-29(28(4)7-3)26-24-22-20-15-13-11-9-6-2/h17-18,28-29H,1-2,5-16,19-27H2,3-4H3. The van der Waals surface area contributed by atoms with Crippen LogP contribution in [0.5, 0.6) is 0 Å². The molecule has 0 bridgehead atoms. The molecule has 0 amide bonds. The highest BCUT2D eigenvalue weighted by atomic mass is 14.2. The maximum absolute atomic E-state index is 3.94. The van der Waals surface area contributed by atoms with Crippen LogP contribution in [0, 0.1) is 25.7 Å². The van der Waals surface area contributed by atoms with Crippen LogP contribution < -0.4 is 0 Å². The fraction of sp³-hybridized carbons (Fsp3) is 0.862. The molecule has 172 valence electrons. The zero-order valence-electron chi connectivity index (χ0n) is 20.6. The Balaban J connectivity index is 3.64. The van der Waals surface area contributed by atoms with Crippen LogP contribution in [0.4, 0.5) is 0 Å². The molecule has 0 N–H and O–H groups in total. The molecular formula is C29H56. The van der Waals surface area contributed by atoms with Crippen LogP contribution in [0.1, 0.15) is 149 Å². The van der Waals surface area contributed by atoms with Gasteiger partial charge in [-0.25, -0.2) is 0 Å². The maximum Gasteiger partial charge on any atom is -0.0351 e. The SMILES string of the molecule is [CH2]CCCCCCC=CCCCCCC(CCCCCCCCC[CH2])C(C)CC. The van der Waals surface area contributed by atoms with E-state index in [9.17, 15) is 0 Å². The maximum atomic E-state index is 3.94. The first kappa shape index (κ1) is 28.7. The van der Waals surface area contributed by atoms with Crippen LogP contribution in [0.3, 0.4) is 0 Å². The second-order valence-electron chi connectivity index (χ2n) is 9.43. The van der Waals surface area contributed by atoms with Gasteiger partial charge in [-0.3, -0.25) is 0 Å². The molecule has 2 atom stereocenters. The molecule has 0 aliphatic heterocycles. The molecule has 0 fully saturated rings. The molecule has 29 heavy (non-hydrogen) atoms. The van der Waals surface area contributed by atoms with Crippen molar-refractivity contribution in [2.75, 3.05) is 0 Å². The normalized spacial score (nSPS) is 13.9. The van der Waals surface area contributed by atoms with Crippen LogP contribution in [0.15, 0.2) is 12.2 Å². The highest BCUT2D eigenvalue weighted by Gasteiger charge is 2.14. The number of rotatable bonds is 23. The first-order valence-electron chi connectivity index (χ1n) is 13.5. The van der Waals surface area contributed by atoms with E-state index in [1.807, 2.05) is 0 Å². The number of allylic oxidation sites excluding steroid dienone is 2. The third-order valence-electron chi connectivity index (χ3n) is 6.76. The Morgan fingerprint density at radius 2 is 0.931 bits per heavy atom. The van der Waals surface area contributed by atoms with E-state index in [4.69, 9.17) is 0 Å². The highest BCUT2D eigenvalue weighted by Crippen LogP contribution is 2.27. The Morgan fingerprint density at radius 3 is 1.38 bits per heavy atom. The second-order valence-corrected chi connectivity index (χ2v) is 9.43. The topological polar surface area (TPSA) is 0 Å². The largest absolute Gasteiger partial charge is 0.0885 e. The molecule has 0 aliphatic rings. The second kappa shape index (κ2) is 24.0. The monoisotopic (exact) mass is 404 g/mol. The summed E-state index contributed by atoms with van der Waals surface area (Å²) in [5.41, 5.74) is 0. The van der Waals surface area contributed by atoms with Gasteiger partial charge in [-0.2, -0.15) is 0 Å². The fourth-order valence-electron chi connectivity index (χ4n) is 4.39. The number of hydrogen-bond acceptors (Lipinski definition) is 0. The third-order valence-corrected chi connectivity index (χ3v) is 6.76. The molecule has 0 rings (SSSR count). The molecule has 0 heterocycles. The van der Waals surface area contributed by atoms with E-state index in [-0.39, 0.29) is 0 Å². The Kier molecular flexibility index (Phi) is 23.8. The molecule has 0 aromatic carbocycles. The average Bonchev–Trinajstić information content (AvgIpc) is 2.74. The summed E-state index contributed by atoms with van der Waals surface area (Å²) in [6, 6.07) is 0. The van der Waals surface area contributed by atoms with Crippen molar-refractivity contribution in [2.45, 2.75) is 149 Å². The number of unbranched alkanes of at least 4 members (excludes halogenated alkanes) is 15. The minimum Gasteiger partial charge on any atom is -0.0885 e. The summed E-state index contributed by atoms with van der Waals surface area (Å²) in [5.74, 6) is 1.88. The van der Waals surface area contributed by atoms with Gasteiger partial charge < -0.3 is 0 Å². The smallest absolute Gasteiger partial charge is 0.0351 e. The molecule has 0 nitrogen and oxygen atoms in total. The lowest BCUT2D eigenvalue weighted by Crippen LogP contribution is -2.11. The lowest BCUT2D eigenvalue weighted by molar-refractivity contribution is 0.288. The van der Waals surface area contributed by atoms with Crippen LogP contribution >= 0.6 is 0 Å². The lowest BCUT2D eigenvalue weighted by atomic mass is 9.83. The summed E-state index contributed by atoms with van der Waals surface area (Å²) in [7, 11) is 0. The van der Waals surface area contributed by atoms with Crippen molar-refractivity contribution in [3.63, 3.8) is 0 Å².